The molecule has 10 heteroatoms. The van der Waals surface area contributed by atoms with E-state index in [1.165, 1.54) is 4.90 Å². The van der Waals surface area contributed by atoms with Crippen LogP contribution in [-0.2, 0) is 20.7 Å². The number of carbonyl (C=O) groups excluding carboxylic acids is 4. The second-order valence-electron chi connectivity index (χ2n) is 11.8. The number of aromatic amines is 1. The van der Waals surface area contributed by atoms with E-state index in [1.54, 1.807) is 45.4 Å². The molecule has 2 aromatic carbocycles. The van der Waals surface area contributed by atoms with E-state index in [0.29, 0.717) is 30.5 Å². The minimum absolute atomic E-state index is 0.00518. The zero-order valence-electron chi connectivity index (χ0n) is 24.3. The van der Waals surface area contributed by atoms with Gasteiger partial charge in [-0.25, -0.2) is 4.98 Å². The number of esters is 1. The predicted octanol–water partition coefficient (Wildman–Crippen LogP) is 3.62. The molecule has 0 saturated heterocycles. The molecule has 2 atom stereocenters. The fraction of sp³-hybridized carbons (Fsp3) is 0.452. The van der Waals surface area contributed by atoms with Gasteiger partial charge in [-0.2, -0.15) is 0 Å². The third kappa shape index (κ3) is 7.58. The van der Waals surface area contributed by atoms with Crippen LogP contribution in [0.5, 0.6) is 0 Å². The van der Waals surface area contributed by atoms with Crippen LogP contribution in [0.2, 0.25) is 0 Å². The van der Waals surface area contributed by atoms with Gasteiger partial charge >= 0.3 is 5.97 Å². The third-order valence-corrected chi connectivity index (χ3v) is 6.83. The number of ether oxygens (including phenoxy) is 1. The standard InChI is InChI=1S/C31H39N5O5/c1-19(2)14-26(27(37)33-12-10-22-17-32-18-34-22)35-25(30(40)41-31(3,4)5)11-13-36-28(38)23-15-20-8-6-7-9-21(20)16-24(23)29(36)39/h6-9,15-19,25-26,35H,10-14H2,1-5H3,(H,32,34)(H,33,37)/t25-,26+/m1/s1. The number of nitrogens with zero attached hydrogens (tertiary/aromatic N) is 2. The summed E-state index contributed by atoms with van der Waals surface area (Å²) in [4.78, 5) is 61.2. The predicted molar refractivity (Wildman–Crippen MR) is 155 cm³/mol. The van der Waals surface area contributed by atoms with Crippen LogP contribution in [0.15, 0.2) is 48.9 Å². The van der Waals surface area contributed by atoms with Gasteiger partial charge in [-0.3, -0.25) is 29.4 Å². The average molecular weight is 562 g/mol. The van der Waals surface area contributed by atoms with E-state index in [9.17, 15) is 19.2 Å². The van der Waals surface area contributed by atoms with Gasteiger partial charge in [0.05, 0.1) is 29.2 Å². The van der Waals surface area contributed by atoms with Crippen molar-refractivity contribution in [2.24, 2.45) is 5.92 Å². The first-order valence-electron chi connectivity index (χ1n) is 14.1. The van der Waals surface area contributed by atoms with Gasteiger partial charge < -0.3 is 15.0 Å². The van der Waals surface area contributed by atoms with Gasteiger partial charge in [-0.05, 0) is 62.4 Å². The van der Waals surface area contributed by atoms with Crippen molar-refractivity contribution >= 4 is 34.5 Å². The lowest BCUT2D eigenvalue weighted by Crippen LogP contribution is -2.53. The van der Waals surface area contributed by atoms with Crippen molar-refractivity contribution in [1.82, 2.24) is 25.5 Å². The van der Waals surface area contributed by atoms with E-state index in [4.69, 9.17) is 4.74 Å². The summed E-state index contributed by atoms with van der Waals surface area (Å²) >= 11 is 0. The number of imide groups is 1. The molecular formula is C31H39N5O5. The molecule has 2 heterocycles. The first-order valence-corrected chi connectivity index (χ1v) is 14.1. The summed E-state index contributed by atoms with van der Waals surface area (Å²) in [5.41, 5.74) is 0.777. The maximum atomic E-state index is 13.3. The number of fused-ring (bicyclic) bond motifs is 2. The Bertz CT molecular complexity index is 1360. The molecule has 3 aromatic rings. The Kier molecular flexibility index (Phi) is 9.22. The number of nitrogens with one attached hydrogen (secondary N) is 3. The largest absolute Gasteiger partial charge is 0.459 e. The molecule has 0 fully saturated rings. The second-order valence-corrected chi connectivity index (χ2v) is 11.8. The second kappa shape index (κ2) is 12.6. The Morgan fingerprint density at radius 2 is 1.66 bits per heavy atom. The Balaban J connectivity index is 1.49. The van der Waals surface area contributed by atoms with Crippen LogP contribution in [0.1, 0.15) is 73.9 Å². The van der Waals surface area contributed by atoms with Crippen molar-refractivity contribution in [2.75, 3.05) is 13.1 Å². The number of hydrogen-bond acceptors (Lipinski definition) is 7. The topological polar surface area (TPSA) is 133 Å². The van der Waals surface area contributed by atoms with Crippen molar-refractivity contribution in [2.45, 2.75) is 71.6 Å². The Labute approximate surface area is 240 Å². The summed E-state index contributed by atoms with van der Waals surface area (Å²) < 4.78 is 5.67. The molecule has 3 N–H and O–H groups in total. The molecular weight excluding hydrogens is 522 g/mol. The number of imidazole rings is 1. The van der Waals surface area contributed by atoms with Gasteiger partial charge in [-0.1, -0.05) is 38.1 Å². The van der Waals surface area contributed by atoms with Crippen LogP contribution in [0.25, 0.3) is 10.8 Å². The highest BCUT2D eigenvalue weighted by molar-refractivity contribution is 6.23. The van der Waals surface area contributed by atoms with Crippen molar-refractivity contribution in [3.63, 3.8) is 0 Å². The lowest BCUT2D eigenvalue weighted by Gasteiger charge is -2.29. The summed E-state index contributed by atoms with van der Waals surface area (Å²) in [6, 6.07) is 9.43. The maximum Gasteiger partial charge on any atom is 0.323 e. The molecule has 1 aliphatic heterocycles. The molecule has 4 rings (SSSR count). The van der Waals surface area contributed by atoms with E-state index >= 15 is 0 Å². The highest BCUT2D eigenvalue weighted by Crippen LogP contribution is 2.28. The summed E-state index contributed by atoms with van der Waals surface area (Å²) in [7, 11) is 0. The number of carbonyl (C=O) groups is 4. The van der Waals surface area contributed by atoms with E-state index in [-0.39, 0.29) is 24.8 Å². The highest BCUT2D eigenvalue weighted by atomic mass is 16.6. The van der Waals surface area contributed by atoms with Gasteiger partial charge in [-0.15, -0.1) is 0 Å². The molecule has 218 valence electrons. The molecule has 3 amide bonds. The zero-order valence-corrected chi connectivity index (χ0v) is 24.3. The number of benzene rings is 2. The fourth-order valence-corrected chi connectivity index (χ4v) is 4.91. The Hall–Kier alpha value is -4.05. The summed E-state index contributed by atoms with van der Waals surface area (Å²) in [6.45, 7) is 9.68. The van der Waals surface area contributed by atoms with Crippen LogP contribution in [0, 0.1) is 5.92 Å². The van der Waals surface area contributed by atoms with Crippen LogP contribution in [-0.4, -0.2) is 69.3 Å². The van der Waals surface area contributed by atoms with Crippen LogP contribution in [0.3, 0.4) is 0 Å². The van der Waals surface area contributed by atoms with Crippen molar-refractivity contribution in [1.29, 1.82) is 0 Å². The highest BCUT2D eigenvalue weighted by Gasteiger charge is 2.37. The molecule has 0 radical (unpaired) electrons. The average Bonchev–Trinajstić information content (AvgIpc) is 3.50. The van der Waals surface area contributed by atoms with E-state index in [1.807, 2.05) is 38.1 Å². The van der Waals surface area contributed by atoms with Gasteiger partial charge in [0.15, 0.2) is 0 Å². The van der Waals surface area contributed by atoms with Crippen molar-refractivity contribution < 1.29 is 23.9 Å². The molecule has 0 saturated carbocycles. The lowest BCUT2D eigenvalue weighted by atomic mass is 10.0. The number of amides is 3. The smallest absolute Gasteiger partial charge is 0.323 e. The Morgan fingerprint density at radius 3 is 2.20 bits per heavy atom. The van der Waals surface area contributed by atoms with E-state index in [2.05, 4.69) is 20.6 Å². The molecule has 0 unspecified atom stereocenters. The molecule has 0 spiro atoms. The zero-order chi connectivity index (χ0) is 29.7. The maximum absolute atomic E-state index is 13.3. The molecule has 0 aliphatic carbocycles. The molecule has 1 aliphatic rings. The lowest BCUT2D eigenvalue weighted by molar-refractivity contribution is -0.158. The van der Waals surface area contributed by atoms with Crippen LogP contribution < -0.4 is 10.6 Å². The van der Waals surface area contributed by atoms with Gasteiger partial charge in [0, 0.05) is 25.7 Å². The van der Waals surface area contributed by atoms with Crippen LogP contribution in [0.4, 0.5) is 0 Å². The van der Waals surface area contributed by atoms with E-state index < -0.39 is 35.5 Å². The first kappa shape index (κ1) is 29.9. The minimum Gasteiger partial charge on any atom is -0.459 e. The molecule has 0 bridgehead atoms. The van der Waals surface area contributed by atoms with E-state index in [0.717, 1.165) is 16.5 Å². The fourth-order valence-electron chi connectivity index (χ4n) is 4.91. The van der Waals surface area contributed by atoms with Gasteiger partial charge in [0.25, 0.3) is 11.8 Å². The summed E-state index contributed by atoms with van der Waals surface area (Å²) in [6.07, 6.45) is 4.49. The summed E-state index contributed by atoms with van der Waals surface area (Å²) in [5, 5.41) is 7.87. The molecule has 41 heavy (non-hydrogen) atoms. The van der Waals surface area contributed by atoms with Gasteiger partial charge in [0.1, 0.15) is 11.6 Å². The van der Waals surface area contributed by atoms with Gasteiger partial charge in [0.2, 0.25) is 5.91 Å². The number of H-pyrrole nitrogens is 1. The molecule has 1 aromatic heterocycles. The number of rotatable bonds is 12. The number of aromatic nitrogens is 2. The first-order chi connectivity index (χ1) is 19.4. The van der Waals surface area contributed by atoms with Crippen molar-refractivity contribution in [3.8, 4) is 0 Å². The van der Waals surface area contributed by atoms with Crippen molar-refractivity contribution in [3.05, 3.63) is 65.7 Å². The summed E-state index contributed by atoms with van der Waals surface area (Å²) in [5.74, 6) is -1.41. The number of hydrogen-bond donors (Lipinski definition) is 3. The van der Waals surface area contributed by atoms with Crippen LogP contribution >= 0.6 is 0 Å². The quantitative estimate of drug-likeness (QED) is 0.227. The minimum atomic E-state index is -0.918. The normalized spacial score (nSPS) is 14.8. The monoisotopic (exact) mass is 561 g/mol. The third-order valence-electron chi connectivity index (χ3n) is 6.83. The SMILES string of the molecule is CC(C)C[C@H](N[C@H](CCN1C(=O)c2cc3ccccc3cc2C1=O)C(=O)OC(C)(C)C)C(=O)NCCc1c[nH]cn1. The Morgan fingerprint density at radius 1 is 1.02 bits per heavy atom. The molecule has 10 nitrogen and oxygen atoms in total.